The molecule has 1 fully saturated rings. The van der Waals surface area contributed by atoms with E-state index in [0.29, 0.717) is 19.7 Å². The van der Waals surface area contributed by atoms with Crippen LogP contribution in [0.2, 0.25) is 0 Å². The first kappa shape index (κ1) is 14.7. The summed E-state index contributed by atoms with van der Waals surface area (Å²) in [6, 6.07) is 11.8. The van der Waals surface area contributed by atoms with Crippen LogP contribution in [0.1, 0.15) is 15.2 Å². The van der Waals surface area contributed by atoms with E-state index in [1.807, 2.05) is 40.6 Å². The summed E-state index contributed by atoms with van der Waals surface area (Å²) in [4.78, 5) is 15.3. The molecule has 0 radical (unpaired) electrons. The number of likely N-dealkylation sites (tertiary alicyclic amines) is 1. The summed E-state index contributed by atoms with van der Waals surface area (Å²) in [5.41, 5.74) is 0.814. The molecule has 1 aromatic heterocycles. The second-order valence-electron chi connectivity index (χ2n) is 6.48. The lowest BCUT2D eigenvalue weighted by molar-refractivity contribution is 0.0697. The maximum Gasteiger partial charge on any atom is 0.263 e. The Morgan fingerprint density at radius 2 is 2.22 bits per heavy atom. The molecule has 1 saturated heterocycles. The van der Waals surface area contributed by atoms with Crippen LogP contribution in [0.25, 0.3) is 0 Å². The van der Waals surface area contributed by atoms with E-state index in [0.717, 1.165) is 22.6 Å². The number of carbonyl (C=O) groups is 1. The van der Waals surface area contributed by atoms with Crippen molar-refractivity contribution in [2.45, 2.75) is 6.42 Å². The lowest BCUT2D eigenvalue weighted by Crippen LogP contribution is -2.38. The van der Waals surface area contributed by atoms with Crippen LogP contribution in [0.3, 0.4) is 0 Å². The second-order valence-corrected chi connectivity index (χ2v) is 7.42. The van der Waals surface area contributed by atoms with Crippen molar-refractivity contribution >= 4 is 17.2 Å². The fourth-order valence-electron chi connectivity index (χ4n) is 3.77. The molecule has 0 saturated carbocycles. The Hall–Kier alpha value is -1.85. The first-order valence-electron chi connectivity index (χ1n) is 7.86. The van der Waals surface area contributed by atoms with Crippen LogP contribution in [-0.4, -0.2) is 42.2 Å². The zero-order valence-electron chi connectivity index (χ0n) is 12.8. The van der Waals surface area contributed by atoms with E-state index in [4.69, 9.17) is 4.74 Å². The number of hydrogen-bond acceptors (Lipinski definition) is 4. The van der Waals surface area contributed by atoms with Crippen LogP contribution in [-0.2, 0) is 6.42 Å². The van der Waals surface area contributed by atoms with Gasteiger partial charge in [0.25, 0.3) is 5.91 Å². The molecule has 0 bridgehead atoms. The third kappa shape index (κ3) is 2.44. The molecule has 2 aromatic rings. The fourth-order valence-corrected chi connectivity index (χ4v) is 4.46. The van der Waals surface area contributed by atoms with Crippen LogP contribution in [0.4, 0.5) is 0 Å². The lowest BCUT2D eigenvalue weighted by atomic mass is 9.75. The molecule has 23 heavy (non-hydrogen) atoms. The fraction of sp³-hybridized carbons (Fsp3) is 0.389. The molecule has 2 aliphatic heterocycles. The molecule has 5 heteroatoms. The average molecular weight is 329 g/mol. The highest BCUT2D eigenvalue weighted by Gasteiger charge is 2.49. The molecule has 2 atom stereocenters. The van der Waals surface area contributed by atoms with Gasteiger partial charge in [-0.15, -0.1) is 11.3 Å². The topological polar surface area (TPSA) is 49.8 Å². The summed E-state index contributed by atoms with van der Waals surface area (Å²) < 4.78 is 5.96. The quantitative estimate of drug-likeness (QED) is 0.921. The summed E-state index contributed by atoms with van der Waals surface area (Å²) in [6.45, 7) is 1.85. The number of para-hydroxylation sites is 1. The molecule has 0 spiro atoms. The molecule has 3 heterocycles. The highest BCUT2D eigenvalue weighted by molar-refractivity contribution is 7.12. The molecule has 0 aliphatic carbocycles. The second kappa shape index (κ2) is 5.65. The number of amides is 1. The van der Waals surface area contributed by atoms with Crippen LogP contribution < -0.4 is 4.74 Å². The summed E-state index contributed by atoms with van der Waals surface area (Å²) in [5.74, 6) is 1.13. The van der Waals surface area contributed by atoms with E-state index in [1.165, 1.54) is 11.3 Å². The maximum absolute atomic E-state index is 12.7. The highest BCUT2D eigenvalue weighted by atomic mass is 32.1. The van der Waals surface area contributed by atoms with E-state index in [2.05, 4.69) is 6.07 Å². The summed E-state index contributed by atoms with van der Waals surface area (Å²) in [5, 5.41) is 12.1. The third-order valence-corrected chi connectivity index (χ3v) is 5.96. The van der Waals surface area contributed by atoms with Gasteiger partial charge >= 0.3 is 0 Å². The first-order chi connectivity index (χ1) is 11.2. The van der Waals surface area contributed by atoms with Crippen molar-refractivity contribution in [3.05, 3.63) is 52.2 Å². The van der Waals surface area contributed by atoms with Crippen molar-refractivity contribution < 1.29 is 14.6 Å². The minimum atomic E-state index is -0.306. The van der Waals surface area contributed by atoms with Crippen LogP contribution in [0.5, 0.6) is 5.75 Å². The zero-order valence-corrected chi connectivity index (χ0v) is 13.6. The van der Waals surface area contributed by atoms with Crippen molar-refractivity contribution in [3.63, 3.8) is 0 Å². The number of ether oxygens (including phenoxy) is 1. The van der Waals surface area contributed by atoms with Gasteiger partial charge in [0.1, 0.15) is 5.75 Å². The minimum absolute atomic E-state index is 0.0641. The van der Waals surface area contributed by atoms with Gasteiger partial charge in [-0.25, -0.2) is 0 Å². The molecule has 1 amide bonds. The molecular formula is C18H19NO3S. The molecule has 4 nitrogen and oxygen atoms in total. The summed E-state index contributed by atoms with van der Waals surface area (Å²) in [6.07, 6.45) is 0.749. The minimum Gasteiger partial charge on any atom is -0.493 e. The zero-order chi connectivity index (χ0) is 15.9. The third-order valence-electron chi connectivity index (χ3n) is 5.10. The van der Waals surface area contributed by atoms with Gasteiger partial charge in [0.05, 0.1) is 18.1 Å². The predicted molar refractivity (Wildman–Crippen MR) is 88.9 cm³/mol. The number of hydrogen-bond donors (Lipinski definition) is 1. The van der Waals surface area contributed by atoms with Gasteiger partial charge in [-0.05, 0) is 29.5 Å². The Kier molecular flexibility index (Phi) is 3.62. The summed E-state index contributed by atoms with van der Waals surface area (Å²) in [7, 11) is 0. The van der Waals surface area contributed by atoms with E-state index in [1.54, 1.807) is 0 Å². The van der Waals surface area contributed by atoms with Crippen molar-refractivity contribution in [3.8, 4) is 5.75 Å². The van der Waals surface area contributed by atoms with E-state index in [9.17, 15) is 9.90 Å². The number of benzene rings is 1. The number of nitrogens with zero attached hydrogens (tertiary/aromatic N) is 1. The molecule has 4 rings (SSSR count). The van der Waals surface area contributed by atoms with Crippen LogP contribution in [0.15, 0.2) is 41.8 Å². The molecule has 0 unspecified atom stereocenters. The van der Waals surface area contributed by atoms with E-state index >= 15 is 0 Å². The average Bonchev–Trinajstić information content (AvgIpc) is 3.20. The SMILES string of the molecule is O=C(c1cccs1)N1C[C@H]2COc3ccccc3C[C@@]2(CO)C1. The van der Waals surface area contributed by atoms with Gasteiger partial charge in [0.2, 0.25) is 0 Å². The number of aliphatic hydroxyl groups is 1. The molecule has 2 aliphatic rings. The summed E-state index contributed by atoms with van der Waals surface area (Å²) >= 11 is 1.47. The van der Waals surface area contributed by atoms with Gasteiger partial charge in [0, 0.05) is 24.4 Å². The highest BCUT2D eigenvalue weighted by Crippen LogP contribution is 2.43. The Morgan fingerprint density at radius 1 is 1.35 bits per heavy atom. The largest absolute Gasteiger partial charge is 0.493 e. The number of carbonyl (C=O) groups excluding carboxylic acids is 1. The van der Waals surface area contributed by atoms with Crippen LogP contribution in [0, 0.1) is 11.3 Å². The Morgan fingerprint density at radius 3 is 3.00 bits per heavy atom. The Balaban J connectivity index is 1.63. The van der Waals surface area contributed by atoms with Gasteiger partial charge in [-0.1, -0.05) is 24.3 Å². The first-order valence-corrected chi connectivity index (χ1v) is 8.74. The Bertz CT molecular complexity index is 715. The number of aliphatic hydroxyl groups excluding tert-OH is 1. The van der Waals surface area contributed by atoms with Crippen LogP contribution >= 0.6 is 11.3 Å². The molecule has 1 aromatic carbocycles. The standard InChI is InChI=1S/C18H19NO3S/c20-12-18-8-13-4-1-2-5-15(13)22-10-14(18)9-19(11-18)17(21)16-6-3-7-23-16/h1-7,14,20H,8-12H2/t14-,18-/m0/s1. The lowest BCUT2D eigenvalue weighted by Gasteiger charge is -2.30. The normalized spacial score (nSPS) is 26.1. The van der Waals surface area contributed by atoms with Gasteiger partial charge < -0.3 is 14.7 Å². The van der Waals surface area contributed by atoms with Gasteiger partial charge in [-0.3, -0.25) is 4.79 Å². The number of rotatable bonds is 2. The smallest absolute Gasteiger partial charge is 0.263 e. The van der Waals surface area contributed by atoms with Gasteiger partial charge in [-0.2, -0.15) is 0 Å². The van der Waals surface area contributed by atoms with E-state index < -0.39 is 0 Å². The van der Waals surface area contributed by atoms with Gasteiger partial charge in [0.15, 0.2) is 0 Å². The van der Waals surface area contributed by atoms with Crippen molar-refractivity contribution in [2.24, 2.45) is 11.3 Å². The molecule has 120 valence electrons. The monoisotopic (exact) mass is 329 g/mol. The molecular weight excluding hydrogens is 310 g/mol. The van der Waals surface area contributed by atoms with Crippen molar-refractivity contribution in [1.82, 2.24) is 4.90 Å². The van der Waals surface area contributed by atoms with Crippen molar-refractivity contribution in [1.29, 1.82) is 0 Å². The Labute approximate surface area is 139 Å². The molecule has 1 N–H and O–H groups in total. The number of fused-ring (bicyclic) bond motifs is 2. The predicted octanol–water partition coefficient (Wildman–Crippen LogP) is 2.43. The van der Waals surface area contributed by atoms with Crippen molar-refractivity contribution in [2.75, 3.05) is 26.3 Å². The maximum atomic E-state index is 12.7. The number of thiophene rings is 1. The van der Waals surface area contributed by atoms with E-state index in [-0.39, 0.29) is 23.8 Å².